The van der Waals surface area contributed by atoms with Crippen LogP contribution in [-0.4, -0.2) is 60.1 Å². The number of benzene rings is 1. The number of alkyl carbamates (subject to hydrolysis) is 1. The number of nitrogens with one attached hydrogen (secondary N) is 3. The Labute approximate surface area is 161 Å². The fourth-order valence-electron chi connectivity index (χ4n) is 1.94. The summed E-state index contributed by atoms with van der Waals surface area (Å²) in [5.41, 5.74) is 0.813. The molecule has 1 aromatic rings. The van der Waals surface area contributed by atoms with E-state index in [0.29, 0.717) is 12.2 Å². The number of hydrogen-bond donors (Lipinski definition) is 4. The molecule has 1 aromatic carbocycles. The van der Waals surface area contributed by atoms with Gasteiger partial charge in [-0.15, -0.1) is 0 Å². The normalized spacial score (nSPS) is 11.1. The van der Waals surface area contributed by atoms with Crippen LogP contribution in [0.4, 0.5) is 4.79 Å². The molecule has 10 heteroatoms. The van der Waals surface area contributed by atoms with Gasteiger partial charge in [-0.25, -0.2) is 4.79 Å². The fraction of sp³-hybridized carbons (Fsp3) is 0.412. The van der Waals surface area contributed by atoms with Gasteiger partial charge in [0.05, 0.1) is 6.54 Å². The third-order valence-corrected chi connectivity index (χ3v) is 3.94. The van der Waals surface area contributed by atoms with Crippen LogP contribution >= 0.6 is 11.8 Å². The number of aliphatic carboxylic acids is 1. The Balaban J connectivity index is 2.47. The number of rotatable bonds is 11. The molecule has 0 aromatic heterocycles. The molecular formula is C17H23N3O6S. The minimum atomic E-state index is -1.18. The number of amides is 3. The van der Waals surface area contributed by atoms with Crippen LogP contribution in [0.5, 0.6) is 0 Å². The molecule has 1 atom stereocenters. The molecule has 0 radical (unpaired) electrons. The van der Waals surface area contributed by atoms with Crippen molar-refractivity contribution < 1.29 is 29.0 Å². The fourth-order valence-corrected chi connectivity index (χ4v) is 2.41. The number of thioether (sulfide) groups is 1. The van der Waals surface area contributed by atoms with Gasteiger partial charge in [0.1, 0.15) is 19.2 Å². The van der Waals surface area contributed by atoms with Gasteiger partial charge in [-0.05, 0) is 24.0 Å². The molecular weight excluding hydrogens is 374 g/mol. The van der Waals surface area contributed by atoms with Gasteiger partial charge in [-0.2, -0.15) is 11.8 Å². The highest BCUT2D eigenvalue weighted by molar-refractivity contribution is 7.98. The molecule has 0 heterocycles. The Morgan fingerprint density at radius 1 is 1.11 bits per heavy atom. The first-order valence-corrected chi connectivity index (χ1v) is 9.54. The maximum atomic E-state index is 12.2. The van der Waals surface area contributed by atoms with Crippen molar-refractivity contribution in [1.82, 2.24) is 16.0 Å². The molecule has 0 fully saturated rings. The van der Waals surface area contributed by atoms with Crippen LogP contribution in [0, 0.1) is 0 Å². The van der Waals surface area contributed by atoms with Gasteiger partial charge in [0.25, 0.3) is 0 Å². The molecule has 0 aliphatic rings. The van der Waals surface area contributed by atoms with E-state index < -0.39 is 36.5 Å². The lowest BCUT2D eigenvalue weighted by Crippen LogP contribution is -2.49. The summed E-state index contributed by atoms with van der Waals surface area (Å²) in [6.07, 6.45) is 1.47. The maximum absolute atomic E-state index is 12.2. The van der Waals surface area contributed by atoms with E-state index in [-0.39, 0.29) is 13.2 Å². The van der Waals surface area contributed by atoms with E-state index in [1.165, 1.54) is 11.8 Å². The Hall–Kier alpha value is -2.75. The molecule has 0 unspecified atom stereocenters. The summed E-state index contributed by atoms with van der Waals surface area (Å²) in [7, 11) is 0. The molecule has 148 valence electrons. The van der Waals surface area contributed by atoms with Crippen molar-refractivity contribution in [2.45, 2.75) is 19.1 Å². The number of carboxylic acids is 1. The molecule has 0 spiro atoms. The van der Waals surface area contributed by atoms with Crippen LogP contribution < -0.4 is 16.0 Å². The van der Waals surface area contributed by atoms with Crippen molar-refractivity contribution in [3.63, 3.8) is 0 Å². The molecule has 0 aliphatic carbocycles. The number of carboxylic acid groups (broad SMARTS) is 1. The monoisotopic (exact) mass is 397 g/mol. The van der Waals surface area contributed by atoms with Gasteiger partial charge >= 0.3 is 12.1 Å². The molecule has 0 saturated heterocycles. The second-order valence-electron chi connectivity index (χ2n) is 5.43. The van der Waals surface area contributed by atoms with Crippen LogP contribution in [0.2, 0.25) is 0 Å². The van der Waals surface area contributed by atoms with Gasteiger partial charge in [0.15, 0.2) is 0 Å². The topological polar surface area (TPSA) is 134 Å². The first-order valence-electron chi connectivity index (χ1n) is 8.14. The Morgan fingerprint density at radius 3 is 2.44 bits per heavy atom. The van der Waals surface area contributed by atoms with Crippen LogP contribution in [0.3, 0.4) is 0 Å². The Kier molecular flexibility index (Phi) is 10.4. The lowest BCUT2D eigenvalue weighted by atomic mass is 10.2. The smallest absolute Gasteiger partial charge is 0.408 e. The van der Waals surface area contributed by atoms with E-state index >= 15 is 0 Å². The van der Waals surface area contributed by atoms with E-state index in [2.05, 4.69) is 16.0 Å². The first kappa shape index (κ1) is 22.3. The molecule has 0 aliphatic heterocycles. The van der Waals surface area contributed by atoms with Crippen LogP contribution in [-0.2, 0) is 25.7 Å². The van der Waals surface area contributed by atoms with Gasteiger partial charge < -0.3 is 25.8 Å². The second kappa shape index (κ2) is 12.6. The van der Waals surface area contributed by atoms with Crippen molar-refractivity contribution in [3.05, 3.63) is 35.9 Å². The van der Waals surface area contributed by atoms with Crippen molar-refractivity contribution in [1.29, 1.82) is 0 Å². The number of hydrogen-bond acceptors (Lipinski definition) is 6. The largest absolute Gasteiger partial charge is 0.480 e. The zero-order valence-electron chi connectivity index (χ0n) is 14.9. The quantitative estimate of drug-likeness (QED) is 0.423. The summed E-state index contributed by atoms with van der Waals surface area (Å²) in [5.74, 6) is -1.76. The van der Waals surface area contributed by atoms with Crippen LogP contribution in [0.1, 0.15) is 12.0 Å². The first-order chi connectivity index (χ1) is 12.9. The molecule has 4 N–H and O–H groups in total. The molecule has 0 bridgehead atoms. The Bertz CT molecular complexity index is 641. The van der Waals surface area contributed by atoms with Gasteiger partial charge in [-0.1, -0.05) is 30.3 Å². The molecule has 9 nitrogen and oxygen atoms in total. The van der Waals surface area contributed by atoms with E-state index in [0.717, 1.165) is 5.56 Å². The van der Waals surface area contributed by atoms with Crippen molar-refractivity contribution in [2.75, 3.05) is 25.1 Å². The zero-order chi connectivity index (χ0) is 20.1. The second-order valence-corrected chi connectivity index (χ2v) is 6.41. The highest BCUT2D eigenvalue weighted by Crippen LogP contribution is 2.04. The predicted molar refractivity (Wildman–Crippen MR) is 100 cm³/mol. The molecule has 3 amide bonds. The zero-order valence-corrected chi connectivity index (χ0v) is 15.7. The molecule has 1 rings (SSSR count). The predicted octanol–water partition coefficient (Wildman–Crippen LogP) is 0.352. The third kappa shape index (κ3) is 10.1. The summed E-state index contributed by atoms with van der Waals surface area (Å²) in [6, 6.07) is 8.23. The number of ether oxygens (including phenoxy) is 1. The van der Waals surface area contributed by atoms with E-state index in [4.69, 9.17) is 9.84 Å². The summed E-state index contributed by atoms with van der Waals surface area (Å²) < 4.78 is 5.10. The van der Waals surface area contributed by atoms with Gasteiger partial charge in [0.2, 0.25) is 11.8 Å². The Morgan fingerprint density at radius 2 is 1.81 bits per heavy atom. The minimum Gasteiger partial charge on any atom is -0.480 e. The van der Waals surface area contributed by atoms with Crippen LogP contribution in [0.15, 0.2) is 30.3 Å². The highest BCUT2D eigenvalue weighted by Gasteiger charge is 2.21. The van der Waals surface area contributed by atoms with Crippen LogP contribution in [0.25, 0.3) is 0 Å². The summed E-state index contributed by atoms with van der Waals surface area (Å²) in [5, 5.41) is 15.5. The summed E-state index contributed by atoms with van der Waals surface area (Å²) in [6.45, 7) is -0.849. The third-order valence-electron chi connectivity index (χ3n) is 3.29. The van der Waals surface area contributed by atoms with Crippen molar-refractivity contribution in [3.8, 4) is 0 Å². The lowest BCUT2D eigenvalue weighted by Gasteiger charge is -2.18. The van der Waals surface area contributed by atoms with Gasteiger partial charge in [0, 0.05) is 0 Å². The maximum Gasteiger partial charge on any atom is 0.408 e. The summed E-state index contributed by atoms with van der Waals surface area (Å²) >= 11 is 1.50. The average Bonchev–Trinajstić information content (AvgIpc) is 2.66. The van der Waals surface area contributed by atoms with E-state index in [1.54, 1.807) is 12.1 Å². The average molecular weight is 397 g/mol. The van der Waals surface area contributed by atoms with Gasteiger partial charge in [-0.3, -0.25) is 14.4 Å². The number of carbonyl (C=O) groups is 4. The minimum absolute atomic E-state index is 0.0706. The molecule has 0 saturated carbocycles. The highest BCUT2D eigenvalue weighted by atomic mass is 32.2. The summed E-state index contributed by atoms with van der Waals surface area (Å²) in [4.78, 5) is 46.0. The van der Waals surface area contributed by atoms with Crippen molar-refractivity contribution in [2.24, 2.45) is 0 Å². The van der Waals surface area contributed by atoms with E-state index in [1.807, 2.05) is 24.5 Å². The SMILES string of the molecule is CSCC[C@H](NC(=O)OCc1ccccc1)C(=O)NCC(=O)NCC(=O)O. The standard InChI is InChI=1S/C17H23N3O6S/c1-27-8-7-13(16(24)19-9-14(21)18-10-15(22)23)20-17(25)26-11-12-5-3-2-4-6-12/h2-6,13H,7-11H2,1H3,(H,18,21)(H,19,24)(H,20,25)(H,22,23)/t13-/m0/s1. The number of carbonyl (C=O) groups excluding carboxylic acids is 3. The lowest BCUT2D eigenvalue weighted by molar-refractivity contribution is -0.137. The van der Waals surface area contributed by atoms with Crippen molar-refractivity contribution >= 4 is 35.6 Å². The van der Waals surface area contributed by atoms with E-state index in [9.17, 15) is 19.2 Å². The molecule has 27 heavy (non-hydrogen) atoms.